The van der Waals surface area contributed by atoms with Crippen LogP contribution in [0.15, 0.2) is 46.1 Å². The molecule has 98 valence electrons. The highest BCUT2D eigenvalue weighted by molar-refractivity contribution is 9.10. The van der Waals surface area contributed by atoms with Crippen molar-refractivity contribution in [1.29, 1.82) is 0 Å². The molecule has 0 aliphatic rings. The number of hydrogen-bond donors (Lipinski definition) is 2. The zero-order valence-corrected chi connectivity index (χ0v) is 11.4. The summed E-state index contributed by atoms with van der Waals surface area (Å²) in [7, 11) is 0. The molecule has 1 aromatic carbocycles. The Balaban J connectivity index is 2.07. The molecular weight excluding hydrogens is 312 g/mol. The van der Waals surface area contributed by atoms with Crippen molar-refractivity contribution in [3.05, 3.63) is 51.6 Å². The second-order valence-corrected chi connectivity index (χ2v) is 4.70. The third-order valence-electron chi connectivity index (χ3n) is 2.37. The van der Waals surface area contributed by atoms with Gasteiger partial charge in [0.15, 0.2) is 0 Å². The molecule has 1 heterocycles. The van der Waals surface area contributed by atoms with E-state index >= 15 is 0 Å². The highest BCUT2D eigenvalue weighted by Gasteiger charge is 2.07. The smallest absolute Gasteiger partial charge is 0.268 e. The molecule has 19 heavy (non-hydrogen) atoms. The Morgan fingerprint density at radius 2 is 2.05 bits per heavy atom. The predicted octanol–water partition coefficient (Wildman–Crippen LogP) is 1.23. The van der Waals surface area contributed by atoms with E-state index in [2.05, 4.69) is 26.2 Å². The molecule has 0 spiro atoms. The van der Waals surface area contributed by atoms with E-state index in [1.54, 1.807) is 24.3 Å². The lowest BCUT2D eigenvalue weighted by atomic mass is 10.3. The van der Waals surface area contributed by atoms with Crippen molar-refractivity contribution in [2.75, 3.05) is 11.1 Å². The van der Waals surface area contributed by atoms with Gasteiger partial charge in [-0.05, 0) is 40.2 Å². The van der Waals surface area contributed by atoms with Crippen LogP contribution in [0.5, 0.6) is 0 Å². The van der Waals surface area contributed by atoms with Crippen molar-refractivity contribution in [2.24, 2.45) is 0 Å². The molecule has 3 N–H and O–H groups in total. The first-order valence-electron chi connectivity index (χ1n) is 5.41. The minimum Gasteiger partial charge on any atom is -0.399 e. The first-order chi connectivity index (χ1) is 9.06. The van der Waals surface area contributed by atoms with E-state index < -0.39 is 0 Å². The minimum atomic E-state index is -0.313. The molecule has 0 saturated carbocycles. The number of aromatic nitrogens is 2. The number of nitrogens with zero attached hydrogens (tertiary/aromatic N) is 2. The quantitative estimate of drug-likeness (QED) is 0.831. The number of hydrogen-bond acceptors (Lipinski definition) is 4. The molecule has 0 aliphatic heterocycles. The van der Waals surface area contributed by atoms with E-state index in [1.807, 2.05) is 0 Å². The maximum Gasteiger partial charge on any atom is 0.268 e. The van der Waals surface area contributed by atoms with Gasteiger partial charge >= 0.3 is 0 Å². The van der Waals surface area contributed by atoms with Gasteiger partial charge in [-0.15, -0.1) is 0 Å². The van der Waals surface area contributed by atoms with Gasteiger partial charge in [0.25, 0.3) is 5.56 Å². The SMILES string of the molecule is Nc1ccc(NC(=O)Cn2cncc(Br)c2=O)cc1. The molecule has 0 unspecified atom stereocenters. The summed E-state index contributed by atoms with van der Waals surface area (Å²) in [6.45, 7) is -0.102. The topological polar surface area (TPSA) is 90.0 Å². The zero-order valence-electron chi connectivity index (χ0n) is 9.84. The molecule has 0 bridgehead atoms. The van der Waals surface area contributed by atoms with Gasteiger partial charge in [0, 0.05) is 17.6 Å². The van der Waals surface area contributed by atoms with Crippen LogP contribution >= 0.6 is 15.9 Å². The molecule has 0 aliphatic carbocycles. The van der Waals surface area contributed by atoms with Gasteiger partial charge < -0.3 is 11.1 Å². The van der Waals surface area contributed by atoms with Crippen LogP contribution in [0.3, 0.4) is 0 Å². The number of halogens is 1. The Kier molecular flexibility index (Phi) is 3.96. The van der Waals surface area contributed by atoms with Crippen LogP contribution in [0.2, 0.25) is 0 Å². The Labute approximate surface area is 117 Å². The third kappa shape index (κ3) is 3.41. The molecular formula is C12H11BrN4O2. The Morgan fingerprint density at radius 3 is 2.74 bits per heavy atom. The summed E-state index contributed by atoms with van der Waals surface area (Å²) < 4.78 is 1.53. The molecule has 2 rings (SSSR count). The average Bonchev–Trinajstić information content (AvgIpc) is 2.38. The standard InChI is InChI=1S/C12H11BrN4O2/c13-10-5-15-7-17(12(10)19)6-11(18)16-9-3-1-8(14)2-4-9/h1-5,7H,6,14H2,(H,16,18). The number of amides is 1. The predicted molar refractivity (Wildman–Crippen MR) is 75.7 cm³/mol. The average molecular weight is 323 g/mol. The monoisotopic (exact) mass is 322 g/mol. The van der Waals surface area contributed by atoms with Gasteiger partial charge in [-0.1, -0.05) is 0 Å². The minimum absolute atomic E-state index is 0.102. The summed E-state index contributed by atoms with van der Waals surface area (Å²) in [4.78, 5) is 27.3. The number of nitrogens with two attached hydrogens (primary N) is 1. The van der Waals surface area contributed by atoms with E-state index in [4.69, 9.17) is 5.73 Å². The van der Waals surface area contributed by atoms with Crippen molar-refractivity contribution < 1.29 is 4.79 Å². The first-order valence-corrected chi connectivity index (χ1v) is 6.21. The Hall–Kier alpha value is -2.15. The number of carbonyl (C=O) groups is 1. The summed E-state index contributed by atoms with van der Waals surface area (Å²) >= 11 is 3.07. The van der Waals surface area contributed by atoms with Crippen LogP contribution in [0.4, 0.5) is 11.4 Å². The zero-order chi connectivity index (χ0) is 13.8. The molecule has 1 aromatic heterocycles. The summed E-state index contributed by atoms with van der Waals surface area (Å²) in [5.74, 6) is -0.313. The number of carbonyl (C=O) groups excluding carboxylic acids is 1. The fourth-order valence-electron chi connectivity index (χ4n) is 1.46. The lowest BCUT2D eigenvalue weighted by molar-refractivity contribution is -0.116. The van der Waals surface area contributed by atoms with Crippen LogP contribution in [0.25, 0.3) is 0 Å². The molecule has 0 atom stereocenters. The number of nitrogens with one attached hydrogen (secondary N) is 1. The molecule has 0 saturated heterocycles. The van der Waals surface area contributed by atoms with Crippen LogP contribution in [0.1, 0.15) is 0 Å². The largest absolute Gasteiger partial charge is 0.399 e. The fraction of sp³-hybridized carbons (Fsp3) is 0.0833. The number of benzene rings is 1. The van der Waals surface area contributed by atoms with Crippen molar-refractivity contribution in [2.45, 2.75) is 6.54 Å². The lowest BCUT2D eigenvalue weighted by Gasteiger charge is -2.07. The van der Waals surface area contributed by atoms with Crippen LogP contribution < -0.4 is 16.6 Å². The van der Waals surface area contributed by atoms with E-state index in [1.165, 1.54) is 17.1 Å². The fourth-order valence-corrected chi connectivity index (χ4v) is 1.80. The number of anilines is 2. The van der Waals surface area contributed by atoms with Crippen LogP contribution in [-0.4, -0.2) is 15.5 Å². The normalized spacial score (nSPS) is 10.2. The van der Waals surface area contributed by atoms with Crippen molar-refractivity contribution in [3.8, 4) is 0 Å². The van der Waals surface area contributed by atoms with Crippen molar-refractivity contribution in [3.63, 3.8) is 0 Å². The highest BCUT2D eigenvalue weighted by atomic mass is 79.9. The second kappa shape index (κ2) is 5.66. The summed E-state index contributed by atoms with van der Waals surface area (Å²) in [6.07, 6.45) is 2.70. The van der Waals surface area contributed by atoms with Crippen molar-refractivity contribution in [1.82, 2.24) is 9.55 Å². The first kappa shape index (κ1) is 13.3. The molecule has 2 aromatic rings. The van der Waals surface area contributed by atoms with E-state index in [-0.39, 0.29) is 18.0 Å². The molecule has 0 fully saturated rings. The summed E-state index contributed by atoms with van der Waals surface area (Å²) in [5, 5.41) is 2.67. The molecule has 6 nitrogen and oxygen atoms in total. The van der Waals surface area contributed by atoms with Gasteiger partial charge in [0.1, 0.15) is 11.0 Å². The Bertz CT molecular complexity index is 652. The van der Waals surface area contributed by atoms with Gasteiger partial charge in [0.05, 0.1) is 6.33 Å². The van der Waals surface area contributed by atoms with Gasteiger partial charge in [-0.3, -0.25) is 14.2 Å². The van der Waals surface area contributed by atoms with E-state index in [0.29, 0.717) is 15.8 Å². The number of nitrogen functional groups attached to an aromatic ring is 1. The maximum absolute atomic E-state index is 11.8. The third-order valence-corrected chi connectivity index (χ3v) is 2.91. The van der Waals surface area contributed by atoms with Crippen LogP contribution in [-0.2, 0) is 11.3 Å². The lowest BCUT2D eigenvalue weighted by Crippen LogP contribution is -2.28. The van der Waals surface area contributed by atoms with Crippen LogP contribution in [0, 0.1) is 0 Å². The molecule has 7 heteroatoms. The van der Waals surface area contributed by atoms with Gasteiger partial charge in [-0.25, -0.2) is 4.98 Å². The summed E-state index contributed by atoms with van der Waals surface area (Å²) in [5.41, 5.74) is 6.48. The van der Waals surface area contributed by atoms with E-state index in [9.17, 15) is 9.59 Å². The molecule has 1 amide bonds. The maximum atomic E-state index is 11.8. The van der Waals surface area contributed by atoms with E-state index in [0.717, 1.165) is 0 Å². The second-order valence-electron chi connectivity index (χ2n) is 3.84. The van der Waals surface area contributed by atoms with Crippen molar-refractivity contribution >= 4 is 33.2 Å². The molecule has 0 radical (unpaired) electrons. The van der Waals surface area contributed by atoms with Gasteiger partial charge in [-0.2, -0.15) is 0 Å². The summed E-state index contributed by atoms with van der Waals surface area (Å²) in [6, 6.07) is 6.75. The highest BCUT2D eigenvalue weighted by Crippen LogP contribution is 2.10. The van der Waals surface area contributed by atoms with Gasteiger partial charge in [0.2, 0.25) is 5.91 Å². The number of rotatable bonds is 3. The Morgan fingerprint density at radius 1 is 1.37 bits per heavy atom.